The number of thioether (sulfide) groups is 1. The Morgan fingerprint density at radius 1 is 1.42 bits per heavy atom. The van der Waals surface area contributed by atoms with Crippen molar-refractivity contribution >= 4 is 21.6 Å². The van der Waals surface area contributed by atoms with Crippen molar-refractivity contribution in [2.45, 2.75) is 44.0 Å². The summed E-state index contributed by atoms with van der Waals surface area (Å²) >= 11 is 1.77. The summed E-state index contributed by atoms with van der Waals surface area (Å²) in [6.07, 6.45) is 4.87. The van der Waals surface area contributed by atoms with E-state index in [4.69, 9.17) is 0 Å². The highest BCUT2D eigenvalue weighted by Gasteiger charge is 2.32. The molecule has 6 heteroatoms. The van der Waals surface area contributed by atoms with Crippen LogP contribution < -0.4 is 5.32 Å². The summed E-state index contributed by atoms with van der Waals surface area (Å²) in [7, 11) is -2.93. The largest absolute Gasteiger partial charge is 0.314 e. The van der Waals surface area contributed by atoms with Gasteiger partial charge < -0.3 is 5.32 Å². The zero-order chi connectivity index (χ0) is 13.7. The van der Waals surface area contributed by atoms with Gasteiger partial charge in [0.15, 0.2) is 9.84 Å². The Hall–Kier alpha value is 0.220. The third-order valence-corrected chi connectivity index (χ3v) is 7.50. The minimum Gasteiger partial charge on any atom is -0.314 e. The van der Waals surface area contributed by atoms with E-state index in [2.05, 4.69) is 10.2 Å². The van der Waals surface area contributed by atoms with Crippen molar-refractivity contribution in [2.75, 3.05) is 36.9 Å². The highest BCUT2D eigenvalue weighted by Crippen LogP contribution is 2.22. The molecule has 4 nitrogen and oxygen atoms in total. The van der Waals surface area contributed by atoms with Gasteiger partial charge in [0.25, 0.3) is 0 Å². The zero-order valence-electron chi connectivity index (χ0n) is 11.8. The van der Waals surface area contributed by atoms with Crippen LogP contribution in [0, 0.1) is 0 Å². The number of nitrogens with one attached hydrogen (secondary N) is 1. The van der Waals surface area contributed by atoms with Crippen molar-refractivity contribution < 1.29 is 8.42 Å². The van der Waals surface area contributed by atoms with Crippen molar-refractivity contribution in [1.82, 2.24) is 10.2 Å². The van der Waals surface area contributed by atoms with E-state index in [9.17, 15) is 8.42 Å². The van der Waals surface area contributed by atoms with Crippen LogP contribution in [0.4, 0.5) is 0 Å². The molecular formula is C13H26N2O2S2. The molecule has 112 valence electrons. The highest BCUT2D eigenvalue weighted by molar-refractivity contribution is 8.01. The maximum absolute atomic E-state index is 12.1. The Balaban J connectivity index is 1.82. The van der Waals surface area contributed by atoms with E-state index < -0.39 is 9.84 Å². The minimum absolute atomic E-state index is 0.243. The van der Waals surface area contributed by atoms with Crippen LogP contribution >= 0.6 is 11.8 Å². The van der Waals surface area contributed by atoms with Gasteiger partial charge in [0.1, 0.15) is 5.37 Å². The van der Waals surface area contributed by atoms with Crippen LogP contribution in [-0.4, -0.2) is 61.6 Å². The number of hydrogen-bond donors (Lipinski definition) is 1. The van der Waals surface area contributed by atoms with Crippen molar-refractivity contribution in [1.29, 1.82) is 0 Å². The molecule has 0 spiro atoms. The van der Waals surface area contributed by atoms with Gasteiger partial charge in [0, 0.05) is 29.8 Å². The topological polar surface area (TPSA) is 49.4 Å². The third-order valence-electron chi connectivity index (χ3n) is 4.17. The van der Waals surface area contributed by atoms with Gasteiger partial charge >= 0.3 is 0 Å². The number of nitrogens with zero attached hydrogens (tertiary/aromatic N) is 1. The second-order valence-electron chi connectivity index (χ2n) is 5.45. The molecule has 2 aliphatic heterocycles. The highest BCUT2D eigenvalue weighted by atomic mass is 32.2. The van der Waals surface area contributed by atoms with Gasteiger partial charge in [-0.25, -0.2) is 8.42 Å². The molecule has 2 unspecified atom stereocenters. The second kappa shape index (κ2) is 7.29. The number of rotatable bonds is 6. The average molecular weight is 306 g/mol. The molecule has 0 aromatic carbocycles. The second-order valence-corrected chi connectivity index (χ2v) is 9.05. The molecule has 2 rings (SSSR count). The van der Waals surface area contributed by atoms with Crippen LogP contribution in [0.25, 0.3) is 0 Å². The number of sulfone groups is 1. The molecule has 2 fully saturated rings. The van der Waals surface area contributed by atoms with Crippen LogP contribution in [0.2, 0.25) is 0 Å². The van der Waals surface area contributed by atoms with Gasteiger partial charge in [-0.2, -0.15) is 11.8 Å². The molecular weight excluding hydrogens is 280 g/mol. The Morgan fingerprint density at radius 3 is 2.95 bits per heavy atom. The lowest BCUT2D eigenvalue weighted by Crippen LogP contribution is -2.48. The fourth-order valence-corrected chi connectivity index (χ4v) is 6.05. The molecule has 0 saturated carbocycles. The van der Waals surface area contributed by atoms with Gasteiger partial charge in [0.05, 0.1) is 0 Å². The molecule has 0 radical (unpaired) electrons. The fraction of sp³-hybridized carbons (Fsp3) is 1.00. The Morgan fingerprint density at radius 2 is 2.26 bits per heavy atom. The van der Waals surface area contributed by atoms with Crippen LogP contribution in [0.5, 0.6) is 0 Å². The normalized spacial score (nSPS) is 29.7. The van der Waals surface area contributed by atoms with E-state index in [1.807, 2.05) is 0 Å². The molecule has 2 atom stereocenters. The van der Waals surface area contributed by atoms with Gasteiger partial charge in [-0.3, -0.25) is 4.90 Å². The smallest absolute Gasteiger partial charge is 0.166 e. The van der Waals surface area contributed by atoms with Gasteiger partial charge in [-0.1, -0.05) is 6.92 Å². The van der Waals surface area contributed by atoms with E-state index in [1.165, 1.54) is 19.3 Å². The Kier molecular flexibility index (Phi) is 5.99. The van der Waals surface area contributed by atoms with E-state index in [-0.39, 0.29) is 11.1 Å². The average Bonchev–Trinajstić information content (AvgIpc) is 2.92. The summed E-state index contributed by atoms with van der Waals surface area (Å²) in [4.78, 5) is 2.20. The maximum atomic E-state index is 12.1. The predicted molar refractivity (Wildman–Crippen MR) is 82.4 cm³/mol. The lowest BCUT2D eigenvalue weighted by Gasteiger charge is -2.34. The molecule has 1 N–H and O–H groups in total. The lowest BCUT2D eigenvalue weighted by atomic mass is 10.1. The van der Waals surface area contributed by atoms with Crippen LogP contribution in [0.3, 0.4) is 0 Å². The van der Waals surface area contributed by atoms with E-state index >= 15 is 0 Å². The molecule has 0 aliphatic carbocycles. The molecule has 0 aromatic rings. The minimum atomic E-state index is -2.93. The number of hydrogen-bond acceptors (Lipinski definition) is 5. The SMILES string of the molecule is CCS(=O)(=O)C1CSCCN1CCCC1CCCN1. The molecule has 2 aliphatic rings. The van der Waals surface area contributed by atoms with Crippen molar-refractivity contribution in [3.63, 3.8) is 0 Å². The summed E-state index contributed by atoms with van der Waals surface area (Å²) in [5.41, 5.74) is 0. The maximum Gasteiger partial charge on any atom is 0.166 e. The fourth-order valence-electron chi connectivity index (χ4n) is 2.94. The summed E-state index contributed by atoms with van der Waals surface area (Å²) in [6, 6.07) is 0.667. The Bertz CT molecular complexity index is 367. The molecule has 0 bridgehead atoms. The monoisotopic (exact) mass is 306 g/mol. The molecule has 2 heterocycles. The molecule has 2 saturated heterocycles. The zero-order valence-corrected chi connectivity index (χ0v) is 13.4. The first-order valence-electron chi connectivity index (χ1n) is 7.40. The summed E-state index contributed by atoms with van der Waals surface area (Å²) in [5.74, 6) is 2.08. The molecule has 0 amide bonds. The van der Waals surface area contributed by atoms with Crippen LogP contribution in [0.1, 0.15) is 32.6 Å². The standard InChI is InChI=1S/C13H26N2O2S2/c1-2-19(16,17)13-11-18-10-9-15(13)8-4-6-12-5-3-7-14-12/h12-14H,2-11H2,1H3. The van der Waals surface area contributed by atoms with Gasteiger partial charge in [0.2, 0.25) is 0 Å². The van der Waals surface area contributed by atoms with Crippen molar-refractivity contribution in [3.8, 4) is 0 Å². The van der Waals surface area contributed by atoms with E-state index in [0.717, 1.165) is 37.6 Å². The van der Waals surface area contributed by atoms with Crippen molar-refractivity contribution in [2.24, 2.45) is 0 Å². The van der Waals surface area contributed by atoms with Crippen LogP contribution in [0.15, 0.2) is 0 Å². The van der Waals surface area contributed by atoms with E-state index in [0.29, 0.717) is 6.04 Å². The first kappa shape index (κ1) is 15.6. The molecule has 0 aromatic heterocycles. The first-order chi connectivity index (χ1) is 9.13. The third kappa shape index (κ3) is 4.34. The first-order valence-corrected chi connectivity index (χ1v) is 10.3. The summed E-state index contributed by atoms with van der Waals surface area (Å²) in [6.45, 7) is 4.77. The molecule has 19 heavy (non-hydrogen) atoms. The Labute approximate surface area is 121 Å². The summed E-state index contributed by atoms with van der Waals surface area (Å²) in [5, 5.41) is 3.26. The lowest BCUT2D eigenvalue weighted by molar-refractivity contribution is 0.260. The van der Waals surface area contributed by atoms with Gasteiger partial charge in [-0.05, 0) is 38.8 Å². The van der Waals surface area contributed by atoms with Crippen LogP contribution in [-0.2, 0) is 9.84 Å². The summed E-state index contributed by atoms with van der Waals surface area (Å²) < 4.78 is 24.2. The van der Waals surface area contributed by atoms with Gasteiger partial charge in [-0.15, -0.1) is 0 Å². The predicted octanol–water partition coefficient (Wildman–Crippen LogP) is 1.33. The van der Waals surface area contributed by atoms with E-state index in [1.54, 1.807) is 18.7 Å². The van der Waals surface area contributed by atoms with Crippen molar-refractivity contribution in [3.05, 3.63) is 0 Å². The quantitative estimate of drug-likeness (QED) is 0.802.